The van der Waals surface area contributed by atoms with Crippen molar-refractivity contribution < 1.29 is 4.74 Å². The minimum Gasteiger partial charge on any atom is -0.378 e. The molecule has 0 aliphatic carbocycles. The molecular weight excluding hydrogens is 176 g/mol. The average molecular weight is 196 g/mol. The van der Waals surface area contributed by atoms with Crippen LogP contribution < -0.4 is 5.32 Å². The molecule has 0 amide bonds. The second kappa shape index (κ2) is 5.35. The lowest BCUT2D eigenvalue weighted by molar-refractivity contribution is 0.105. The largest absolute Gasteiger partial charge is 0.378 e. The van der Waals surface area contributed by atoms with E-state index in [2.05, 4.69) is 10.3 Å². The Balaban J connectivity index is 1.59. The van der Waals surface area contributed by atoms with Crippen molar-refractivity contribution in [2.45, 2.75) is 44.6 Å². The number of amidine groups is 1. The molecule has 14 heavy (non-hydrogen) atoms. The zero-order valence-electron chi connectivity index (χ0n) is 8.80. The van der Waals surface area contributed by atoms with Gasteiger partial charge in [0, 0.05) is 26.1 Å². The topological polar surface area (TPSA) is 33.6 Å². The van der Waals surface area contributed by atoms with Crippen LogP contribution in [0.5, 0.6) is 0 Å². The Labute approximate surface area is 85.9 Å². The molecule has 2 heterocycles. The first-order chi connectivity index (χ1) is 6.95. The van der Waals surface area contributed by atoms with Crippen molar-refractivity contribution in [3.8, 4) is 0 Å². The normalized spacial score (nSPS) is 27.4. The van der Waals surface area contributed by atoms with Crippen LogP contribution in [-0.2, 0) is 4.74 Å². The zero-order valence-corrected chi connectivity index (χ0v) is 8.80. The number of hydrogen-bond acceptors (Lipinski definition) is 3. The molecule has 80 valence electrons. The zero-order chi connectivity index (χ0) is 9.64. The van der Waals surface area contributed by atoms with Gasteiger partial charge in [-0.15, -0.1) is 0 Å². The second-order valence-electron chi connectivity index (χ2n) is 4.14. The Morgan fingerprint density at radius 2 is 2.36 bits per heavy atom. The van der Waals surface area contributed by atoms with E-state index >= 15 is 0 Å². The molecule has 2 rings (SSSR count). The van der Waals surface area contributed by atoms with E-state index in [1.165, 1.54) is 31.5 Å². The van der Waals surface area contributed by atoms with Gasteiger partial charge in [0.25, 0.3) is 0 Å². The second-order valence-corrected chi connectivity index (χ2v) is 4.14. The van der Waals surface area contributed by atoms with Crippen molar-refractivity contribution in [2.24, 2.45) is 4.99 Å². The highest BCUT2D eigenvalue weighted by atomic mass is 16.5. The summed E-state index contributed by atoms with van der Waals surface area (Å²) in [6.07, 6.45) is 7.83. The molecule has 3 heteroatoms. The Hall–Kier alpha value is -0.570. The Morgan fingerprint density at radius 3 is 3.07 bits per heavy atom. The molecule has 0 saturated carbocycles. The highest BCUT2D eigenvalue weighted by molar-refractivity contribution is 5.82. The SMILES string of the molecule is C1CCC(NCCC2CCCO2)=NC1. The molecule has 1 fully saturated rings. The van der Waals surface area contributed by atoms with Gasteiger partial charge in [0.1, 0.15) is 0 Å². The van der Waals surface area contributed by atoms with E-state index in [-0.39, 0.29) is 0 Å². The predicted octanol–water partition coefficient (Wildman–Crippen LogP) is 1.73. The fraction of sp³-hybridized carbons (Fsp3) is 0.909. The van der Waals surface area contributed by atoms with Crippen molar-refractivity contribution in [3.05, 3.63) is 0 Å². The molecule has 0 aromatic rings. The third kappa shape index (κ3) is 2.98. The lowest BCUT2D eigenvalue weighted by Gasteiger charge is -2.15. The Kier molecular flexibility index (Phi) is 3.80. The smallest absolute Gasteiger partial charge is 0.0963 e. The summed E-state index contributed by atoms with van der Waals surface area (Å²) in [5.74, 6) is 1.22. The average Bonchev–Trinajstić information content (AvgIpc) is 2.72. The number of hydrogen-bond donors (Lipinski definition) is 1. The van der Waals surface area contributed by atoms with Crippen molar-refractivity contribution in [1.29, 1.82) is 0 Å². The summed E-state index contributed by atoms with van der Waals surface area (Å²) in [5, 5.41) is 3.42. The van der Waals surface area contributed by atoms with Crippen LogP contribution in [0.1, 0.15) is 38.5 Å². The van der Waals surface area contributed by atoms with Crippen molar-refractivity contribution in [2.75, 3.05) is 19.7 Å². The van der Waals surface area contributed by atoms with E-state index in [0.29, 0.717) is 6.10 Å². The summed E-state index contributed by atoms with van der Waals surface area (Å²) in [5.41, 5.74) is 0. The van der Waals surface area contributed by atoms with Gasteiger partial charge >= 0.3 is 0 Å². The Bertz CT molecular complexity index is 197. The van der Waals surface area contributed by atoms with Crippen LogP contribution in [0.2, 0.25) is 0 Å². The maximum atomic E-state index is 5.56. The summed E-state index contributed by atoms with van der Waals surface area (Å²) in [6.45, 7) is 3.01. The van der Waals surface area contributed by atoms with Gasteiger partial charge in [-0.3, -0.25) is 4.99 Å². The van der Waals surface area contributed by atoms with Gasteiger partial charge in [0.15, 0.2) is 0 Å². The molecule has 2 aliphatic heterocycles. The van der Waals surface area contributed by atoms with E-state index in [9.17, 15) is 0 Å². The highest BCUT2D eigenvalue weighted by Gasteiger charge is 2.14. The number of nitrogens with one attached hydrogen (secondary N) is 1. The van der Waals surface area contributed by atoms with Crippen molar-refractivity contribution >= 4 is 5.84 Å². The maximum absolute atomic E-state index is 5.56. The monoisotopic (exact) mass is 196 g/mol. The lowest BCUT2D eigenvalue weighted by Crippen LogP contribution is -2.28. The fourth-order valence-electron chi connectivity index (χ4n) is 2.09. The summed E-state index contributed by atoms with van der Waals surface area (Å²) >= 11 is 0. The molecule has 0 aromatic heterocycles. The predicted molar refractivity (Wildman–Crippen MR) is 57.7 cm³/mol. The maximum Gasteiger partial charge on any atom is 0.0963 e. The molecule has 0 aromatic carbocycles. The van der Waals surface area contributed by atoms with E-state index in [1.54, 1.807) is 0 Å². The van der Waals surface area contributed by atoms with E-state index in [1.807, 2.05) is 0 Å². The summed E-state index contributed by atoms with van der Waals surface area (Å²) < 4.78 is 5.56. The fourth-order valence-corrected chi connectivity index (χ4v) is 2.09. The first kappa shape index (κ1) is 9.97. The van der Waals surface area contributed by atoms with Crippen LogP contribution in [0.15, 0.2) is 4.99 Å². The summed E-state index contributed by atoms with van der Waals surface area (Å²) in [7, 11) is 0. The third-order valence-corrected chi connectivity index (χ3v) is 2.94. The number of aliphatic imine (C=N–C) groups is 1. The molecular formula is C11H20N2O. The number of ether oxygens (including phenoxy) is 1. The van der Waals surface area contributed by atoms with Gasteiger partial charge < -0.3 is 10.1 Å². The molecule has 2 aliphatic rings. The van der Waals surface area contributed by atoms with Gasteiger partial charge in [-0.2, -0.15) is 0 Å². The molecule has 1 N–H and O–H groups in total. The van der Waals surface area contributed by atoms with Gasteiger partial charge in [0.2, 0.25) is 0 Å². The van der Waals surface area contributed by atoms with E-state index in [0.717, 1.165) is 32.5 Å². The van der Waals surface area contributed by atoms with Crippen molar-refractivity contribution in [1.82, 2.24) is 5.32 Å². The quantitative estimate of drug-likeness (QED) is 0.745. The standard InChI is InChI=1S/C11H20N2O/c1-2-7-12-11(5-1)13-8-6-10-4-3-9-14-10/h10H,1-9H2,(H,12,13). The third-order valence-electron chi connectivity index (χ3n) is 2.94. The summed E-state index contributed by atoms with van der Waals surface area (Å²) in [6, 6.07) is 0. The van der Waals surface area contributed by atoms with Gasteiger partial charge in [-0.1, -0.05) is 0 Å². The molecule has 1 atom stereocenters. The van der Waals surface area contributed by atoms with Gasteiger partial charge in [0.05, 0.1) is 11.9 Å². The van der Waals surface area contributed by atoms with E-state index in [4.69, 9.17) is 4.74 Å². The molecule has 0 radical (unpaired) electrons. The molecule has 0 spiro atoms. The first-order valence-electron chi connectivity index (χ1n) is 5.84. The number of nitrogens with zero attached hydrogens (tertiary/aromatic N) is 1. The van der Waals surface area contributed by atoms with Crippen LogP contribution in [-0.4, -0.2) is 31.6 Å². The first-order valence-corrected chi connectivity index (χ1v) is 5.84. The minimum absolute atomic E-state index is 0.506. The van der Waals surface area contributed by atoms with Crippen LogP contribution in [0.3, 0.4) is 0 Å². The molecule has 1 unspecified atom stereocenters. The van der Waals surface area contributed by atoms with Crippen LogP contribution >= 0.6 is 0 Å². The van der Waals surface area contributed by atoms with Gasteiger partial charge in [-0.25, -0.2) is 0 Å². The summed E-state index contributed by atoms with van der Waals surface area (Å²) in [4.78, 5) is 4.46. The molecule has 3 nitrogen and oxygen atoms in total. The lowest BCUT2D eigenvalue weighted by atomic mass is 10.1. The van der Waals surface area contributed by atoms with Crippen molar-refractivity contribution in [3.63, 3.8) is 0 Å². The number of rotatable bonds is 3. The van der Waals surface area contributed by atoms with Gasteiger partial charge in [-0.05, 0) is 32.1 Å². The van der Waals surface area contributed by atoms with Crippen LogP contribution in [0.4, 0.5) is 0 Å². The van der Waals surface area contributed by atoms with Crippen LogP contribution in [0, 0.1) is 0 Å². The Morgan fingerprint density at radius 1 is 1.36 bits per heavy atom. The minimum atomic E-state index is 0.506. The molecule has 1 saturated heterocycles. The highest BCUT2D eigenvalue weighted by Crippen LogP contribution is 2.14. The van der Waals surface area contributed by atoms with Crippen LogP contribution in [0.25, 0.3) is 0 Å². The molecule has 0 bridgehead atoms. The van der Waals surface area contributed by atoms with E-state index < -0.39 is 0 Å².